The molecule has 0 amide bonds. The standard InChI is InChI=1S/C24H31NO3/c1-4-5-14-27-24(26)28-21-15-22(25-16-21)23(19-10-6-17(2)7-11-19)20-12-8-18(3)9-13-20/h6-13,21-23,25H,4-5,14-16H2,1-3H3/t21-,22-/m1/s1. The summed E-state index contributed by atoms with van der Waals surface area (Å²) >= 11 is 0. The van der Waals surface area contributed by atoms with Gasteiger partial charge in [-0.2, -0.15) is 0 Å². The van der Waals surface area contributed by atoms with Crippen molar-refractivity contribution in [1.82, 2.24) is 5.32 Å². The van der Waals surface area contributed by atoms with Crippen LogP contribution in [0.1, 0.15) is 54.4 Å². The lowest BCUT2D eigenvalue weighted by molar-refractivity contribution is 0.0282. The summed E-state index contributed by atoms with van der Waals surface area (Å²) in [5.74, 6) is 0.214. The van der Waals surface area contributed by atoms with Gasteiger partial charge in [-0.1, -0.05) is 73.0 Å². The lowest BCUT2D eigenvalue weighted by atomic mass is 9.83. The first-order chi connectivity index (χ1) is 13.6. The molecule has 0 spiro atoms. The van der Waals surface area contributed by atoms with Crippen molar-refractivity contribution in [3.05, 3.63) is 70.8 Å². The summed E-state index contributed by atoms with van der Waals surface area (Å²) in [6.45, 7) is 7.35. The maximum Gasteiger partial charge on any atom is 0.508 e. The molecule has 2 atom stereocenters. The molecule has 150 valence electrons. The second-order valence-electron chi connectivity index (χ2n) is 7.74. The molecule has 0 aliphatic carbocycles. The largest absolute Gasteiger partial charge is 0.508 e. The number of benzene rings is 2. The first-order valence-electron chi connectivity index (χ1n) is 10.3. The molecular formula is C24H31NO3. The lowest BCUT2D eigenvalue weighted by Crippen LogP contribution is -2.29. The highest BCUT2D eigenvalue weighted by molar-refractivity contribution is 5.60. The smallest absolute Gasteiger partial charge is 0.434 e. The molecular weight excluding hydrogens is 350 g/mol. The van der Waals surface area contributed by atoms with Gasteiger partial charge in [0.15, 0.2) is 0 Å². The average Bonchev–Trinajstić information content (AvgIpc) is 3.13. The first-order valence-corrected chi connectivity index (χ1v) is 10.3. The van der Waals surface area contributed by atoms with Crippen LogP contribution in [-0.2, 0) is 9.47 Å². The zero-order chi connectivity index (χ0) is 19.9. The minimum Gasteiger partial charge on any atom is -0.434 e. The van der Waals surface area contributed by atoms with Crippen molar-refractivity contribution in [3.63, 3.8) is 0 Å². The summed E-state index contributed by atoms with van der Waals surface area (Å²) in [4.78, 5) is 11.9. The number of unbranched alkanes of at least 4 members (excludes halogenated alkanes) is 1. The summed E-state index contributed by atoms with van der Waals surface area (Å²) in [5, 5.41) is 3.57. The lowest BCUT2D eigenvalue weighted by Gasteiger charge is -2.25. The highest BCUT2D eigenvalue weighted by atomic mass is 16.7. The van der Waals surface area contributed by atoms with Gasteiger partial charge in [0.2, 0.25) is 0 Å². The Morgan fingerprint density at radius 2 is 1.61 bits per heavy atom. The Hall–Kier alpha value is -2.33. The van der Waals surface area contributed by atoms with Gasteiger partial charge < -0.3 is 14.8 Å². The van der Waals surface area contributed by atoms with Crippen LogP contribution in [0.2, 0.25) is 0 Å². The number of carbonyl (C=O) groups is 1. The molecule has 0 bridgehead atoms. The zero-order valence-electron chi connectivity index (χ0n) is 17.1. The van der Waals surface area contributed by atoms with Crippen LogP contribution in [0.3, 0.4) is 0 Å². The molecule has 1 saturated heterocycles. The molecule has 1 heterocycles. The van der Waals surface area contributed by atoms with Crippen LogP contribution in [0.5, 0.6) is 0 Å². The van der Waals surface area contributed by atoms with Gasteiger partial charge in [-0.25, -0.2) is 4.79 Å². The maximum absolute atomic E-state index is 11.9. The van der Waals surface area contributed by atoms with Gasteiger partial charge in [-0.15, -0.1) is 0 Å². The number of rotatable bonds is 7. The van der Waals surface area contributed by atoms with Gasteiger partial charge in [0.05, 0.1) is 6.61 Å². The number of ether oxygens (including phenoxy) is 2. The highest BCUT2D eigenvalue weighted by Crippen LogP contribution is 2.33. The van der Waals surface area contributed by atoms with Crippen molar-refractivity contribution in [3.8, 4) is 0 Å². The monoisotopic (exact) mass is 381 g/mol. The number of carbonyl (C=O) groups excluding carboxylic acids is 1. The van der Waals surface area contributed by atoms with Gasteiger partial charge >= 0.3 is 6.16 Å². The Kier molecular flexibility index (Phi) is 7.10. The fraction of sp³-hybridized carbons (Fsp3) is 0.458. The van der Waals surface area contributed by atoms with Crippen LogP contribution >= 0.6 is 0 Å². The van der Waals surface area contributed by atoms with Crippen LogP contribution in [0.15, 0.2) is 48.5 Å². The van der Waals surface area contributed by atoms with E-state index < -0.39 is 6.16 Å². The number of aryl methyl sites for hydroxylation is 2. The summed E-state index contributed by atoms with van der Waals surface area (Å²) < 4.78 is 10.7. The van der Waals surface area contributed by atoms with E-state index in [1.54, 1.807) is 0 Å². The average molecular weight is 382 g/mol. The van der Waals surface area contributed by atoms with Gasteiger partial charge in [0, 0.05) is 24.9 Å². The molecule has 1 fully saturated rings. The van der Waals surface area contributed by atoms with E-state index in [2.05, 4.69) is 74.6 Å². The van der Waals surface area contributed by atoms with Gasteiger partial charge in [0.25, 0.3) is 0 Å². The number of nitrogens with one attached hydrogen (secondary N) is 1. The predicted molar refractivity (Wildman–Crippen MR) is 112 cm³/mol. The zero-order valence-corrected chi connectivity index (χ0v) is 17.1. The van der Waals surface area contributed by atoms with E-state index >= 15 is 0 Å². The molecule has 4 nitrogen and oxygen atoms in total. The second kappa shape index (κ2) is 9.74. The van der Waals surface area contributed by atoms with E-state index in [1.165, 1.54) is 22.3 Å². The SMILES string of the molecule is CCCCOC(=O)O[C@H]1CN[C@@H](C(c2ccc(C)cc2)c2ccc(C)cc2)C1. The molecule has 28 heavy (non-hydrogen) atoms. The summed E-state index contributed by atoms with van der Waals surface area (Å²) in [5.41, 5.74) is 5.06. The highest BCUT2D eigenvalue weighted by Gasteiger charge is 2.34. The van der Waals surface area contributed by atoms with E-state index in [0.29, 0.717) is 13.2 Å². The Balaban J connectivity index is 1.71. The minimum absolute atomic E-state index is 0.155. The van der Waals surface area contributed by atoms with Crippen LogP contribution in [0.4, 0.5) is 4.79 Å². The van der Waals surface area contributed by atoms with Crippen molar-refractivity contribution in [2.45, 2.75) is 58.1 Å². The summed E-state index contributed by atoms with van der Waals surface area (Å²) in [6, 6.07) is 17.6. The summed E-state index contributed by atoms with van der Waals surface area (Å²) in [6.07, 6.45) is 1.93. The quantitative estimate of drug-likeness (QED) is 0.534. The first kappa shape index (κ1) is 20.4. The van der Waals surface area contributed by atoms with E-state index in [9.17, 15) is 4.79 Å². The van der Waals surface area contributed by atoms with Crippen molar-refractivity contribution < 1.29 is 14.3 Å². The number of hydrogen-bond acceptors (Lipinski definition) is 4. The molecule has 1 N–H and O–H groups in total. The normalized spacial score (nSPS) is 19.0. The molecule has 2 aromatic rings. The third kappa shape index (κ3) is 5.35. The molecule has 0 radical (unpaired) electrons. The molecule has 2 aromatic carbocycles. The van der Waals surface area contributed by atoms with Crippen molar-refractivity contribution in [2.24, 2.45) is 0 Å². The van der Waals surface area contributed by atoms with Crippen molar-refractivity contribution in [1.29, 1.82) is 0 Å². The van der Waals surface area contributed by atoms with Crippen LogP contribution in [0, 0.1) is 13.8 Å². The van der Waals surface area contributed by atoms with Crippen LogP contribution in [0.25, 0.3) is 0 Å². The fourth-order valence-electron chi connectivity index (χ4n) is 3.75. The van der Waals surface area contributed by atoms with Gasteiger partial charge in [0.1, 0.15) is 6.10 Å². The fourth-order valence-corrected chi connectivity index (χ4v) is 3.75. The molecule has 0 aromatic heterocycles. The van der Waals surface area contributed by atoms with Crippen LogP contribution in [-0.4, -0.2) is 31.5 Å². The van der Waals surface area contributed by atoms with E-state index in [1.807, 2.05) is 0 Å². The molecule has 0 saturated carbocycles. The number of hydrogen-bond donors (Lipinski definition) is 1. The molecule has 0 unspecified atom stereocenters. The molecule has 1 aliphatic heterocycles. The molecule has 3 rings (SSSR count). The third-order valence-corrected chi connectivity index (χ3v) is 5.38. The van der Waals surface area contributed by atoms with Crippen LogP contribution < -0.4 is 5.32 Å². The van der Waals surface area contributed by atoms with Crippen molar-refractivity contribution in [2.75, 3.05) is 13.2 Å². The van der Waals surface area contributed by atoms with Gasteiger partial charge in [-0.3, -0.25) is 0 Å². The summed E-state index contributed by atoms with van der Waals surface area (Å²) in [7, 11) is 0. The van der Waals surface area contributed by atoms with E-state index in [-0.39, 0.29) is 18.1 Å². The minimum atomic E-state index is -0.553. The van der Waals surface area contributed by atoms with E-state index in [4.69, 9.17) is 9.47 Å². The Morgan fingerprint density at radius 3 is 2.14 bits per heavy atom. The third-order valence-electron chi connectivity index (χ3n) is 5.38. The topological polar surface area (TPSA) is 47.6 Å². The molecule has 4 heteroatoms. The maximum atomic E-state index is 11.9. The Morgan fingerprint density at radius 1 is 1.04 bits per heavy atom. The molecule has 1 aliphatic rings. The van der Waals surface area contributed by atoms with Crippen molar-refractivity contribution >= 4 is 6.16 Å². The van der Waals surface area contributed by atoms with E-state index in [0.717, 1.165) is 19.3 Å². The Bertz CT molecular complexity index is 709. The predicted octanol–water partition coefficient (Wildman–Crippen LogP) is 5.12. The Labute approximate surface area is 168 Å². The van der Waals surface area contributed by atoms with Gasteiger partial charge in [-0.05, 0) is 31.4 Å². The second-order valence-corrected chi connectivity index (χ2v) is 7.74.